The second-order valence-corrected chi connectivity index (χ2v) is 8.14. The van der Waals surface area contributed by atoms with Crippen LogP contribution in [0, 0.1) is 0 Å². The van der Waals surface area contributed by atoms with Crippen LogP contribution in [-0.4, -0.2) is 25.3 Å². The van der Waals surface area contributed by atoms with Gasteiger partial charge in [-0.2, -0.15) is 0 Å². The molecule has 2 aliphatic rings. The first kappa shape index (κ1) is 20.2. The summed E-state index contributed by atoms with van der Waals surface area (Å²) in [5.41, 5.74) is 7.48. The van der Waals surface area contributed by atoms with Crippen molar-refractivity contribution in [2.24, 2.45) is 0 Å². The quantitative estimate of drug-likeness (QED) is 0.565. The molecule has 0 amide bonds. The van der Waals surface area contributed by atoms with Crippen LogP contribution in [0.4, 0.5) is 5.69 Å². The fourth-order valence-electron chi connectivity index (χ4n) is 5.03. The lowest BCUT2D eigenvalue weighted by Gasteiger charge is -2.32. The van der Waals surface area contributed by atoms with Crippen LogP contribution in [0.3, 0.4) is 0 Å². The van der Waals surface area contributed by atoms with Gasteiger partial charge in [-0.25, -0.2) is 4.79 Å². The molecule has 1 aliphatic heterocycles. The number of hydrogen-bond acceptors (Lipinski definition) is 4. The third-order valence-corrected chi connectivity index (χ3v) is 6.49. The van der Waals surface area contributed by atoms with Gasteiger partial charge < -0.3 is 19.5 Å². The van der Waals surface area contributed by atoms with Gasteiger partial charge in [-0.3, -0.25) is 0 Å². The van der Waals surface area contributed by atoms with Gasteiger partial charge in [-0.05, 0) is 66.3 Å². The van der Waals surface area contributed by atoms with Crippen LogP contribution in [-0.2, 0) is 6.42 Å². The molecule has 1 unspecified atom stereocenters. The number of methoxy groups -OCH3 is 2. The van der Waals surface area contributed by atoms with Crippen LogP contribution >= 0.6 is 0 Å². The molecular weight excluding hydrogens is 402 g/mol. The molecule has 0 aromatic heterocycles. The van der Waals surface area contributed by atoms with Crippen molar-refractivity contribution < 1.29 is 19.4 Å². The van der Waals surface area contributed by atoms with E-state index in [4.69, 9.17) is 9.47 Å². The van der Waals surface area contributed by atoms with Gasteiger partial charge in [-0.15, -0.1) is 0 Å². The number of carbonyl (C=O) groups is 1. The monoisotopic (exact) mass is 427 g/mol. The third kappa shape index (κ3) is 3.30. The van der Waals surface area contributed by atoms with E-state index < -0.39 is 5.97 Å². The first-order chi connectivity index (χ1) is 15.6. The Morgan fingerprint density at radius 1 is 0.969 bits per heavy atom. The summed E-state index contributed by atoms with van der Waals surface area (Å²) in [6.07, 6.45) is 2.71. The first-order valence-electron chi connectivity index (χ1n) is 10.8. The molecule has 0 spiro atoms. The Bertz CT molecular complexity index is 1230. The van der Waals surface area contributed by atoms with Crippen molar-refractivity contribution in [1.82, 2.24) is 0 Å². The van der Waals surface area contributed by atoms with Gasteiger partial charge in [0.05, 0.1) is 25.8 Å². The SMILES string of the molecule is COc1ccc(C2CC3=C(CCc4ccccc43)N2c2cccc(C(=O)O)c2)c(OC)c1. The van der Waals surface area contributed by atoms with E-state index in [1.807, 2.05) is 24.3 Å². The van der Waals surface area contributed by atoms with Crippen molar-refractivity contribution in [3.05, 3.63) is 94.7 Å². The smallest absolute Gasteiger partial charge is 0.335 e. The summed E-state index contributed by atoms with van der Waals surface area (Å²) in [5, 5.41) is 9.57. The molecule has 0 saturated heterocycles. The maximum atomic E-state index is 11.7. The number of anilines is 1. The fourth-order valence-corrected chi connectivity index (χ4v) is 5.03. The molecule has 32 heavy (non-hydrogen) atoms. The topological polar surface area (TPSA) is 59.0 Å². The molecule has 1 heterocycles. The number of aromatic carboxylic acids is 1. The lowest BCUT2D eigenvalue weighted by molar-refractivity contribution is 0.0697. The first-order valence-corrected chi connectivity index (χ1v) is 10.8. The minimum absolute atomic E-state index is 0.00365. The third-order valence-electron chi connectivity index (χ3n) is 6.49. The van der Waals surface area contributed by atoms with E-state index in [2.05, 4.69) is 35.2 Å². The van der Waals surface area contributed by atoms with Crippen molar-refractivity contribution in [3.8, 4) is 11.5 Å². The van der Waals surface area contributed by atoms with Crippen LogP contribution in [0.1, 0.15) is 45.9 Å². The molecule has 5 nitrogen and oxygen atoms in total. The van der Waals surface area contributed by atoms with Crippen LogP contribution in [0.25, 0.3) is 5.57 Å². The number of benzene rings is 3. The maximum Gasteiger partial charge on any atom is 0.335 e. The maximum absolute atomic E-state index is 11.7. The molecule has 1 aliphatic carbocycles. The Morgan fingerprint density at radius 2 is 1.81 bits per heavy atom. The summed E-state index contributed by atoms with van der Waals surface area (Å²) >= 11 is 0. The van der Waals surface area contributed by atoms with E-state index in [1.54, 1.807) is 26.4 Å². The Kier molecular flexibility index (Phi) is 5.10. The van der Waals surface area contributed by atoms with Crippen molar-refractivity contribution in [1.29, 1.82) is 0 Å². The molecule has 3 aromatic rings. The number of ether oxygens (including phenoxy) is 2. The zero-order chi connectivity index (χ0) is 22.2. The van der Waals surface area contributed by atoms with E-state index in [0.29, 0.717) is 0 Å². The predicted molar refractivity (Wildman–Crippen MR) is 124 cm³/mol. The molecule has 0 saturated carbocycles. The van der Waals surface area contributed by atoms with E-state index >= 15 is 0 Å². The van der Waals surface area contributed by atoms with Crippen molar-refractivity contribution in [2.45, 2.75) is 25.3 Å². The highest BCUT2D eigenvalue weighted by molar-refractivity contribution is 5.90. The van der Waals surface area contributed by atoms with Gasteiger partial charge in [-0.1, -0.05) is 30.3 Å². The number of fused-ring (bicyclic) bond motifs is 2. The normalized spacial score (nSPS) is 17.1. The molecule has 162 valence electrons. The number of aryl methyl sites for hydroxylation is 1. The van der Waals surface area contributed by atoms with Crippen LogP contribution < -0.4 is 14.4 Å². The van der Waals surface area contributed by atoms with Crippen LogP contribution in [0.15, 0.2) is 72.4 Å². The van der Waals surface area contributed by atoms with Gasteiger partial charge in [0.15, 0.2) is 0 Å². The van der Waals surface area contributed by atoms with E-state index in [0.717, 1.165) is 42.0 Å². The standard InChI is InChI=1S/C27H25NO4/c1-31-20-11-12-22(26(15-20)32-2)25-16-23-21-9-4-3-6-17(21)10-13-24(23)28(25)19-8-5-7-18(14-19)27(29)30/h3-9,11-12,14-15,25H,10,13,16H2,1-2H3,(H,29,30). The summed E-state index contributed by atoms with van der Waals surface area (Å²) in [6.45, 7) is 0. The van der Waals surface area contributed by atoms with Crippen LogP contribution in [0.5, 0.6) is 11.5 Å². The molecule has 0 fully saturated rings. The second-order valence-electron chi connectivity index (χ2n) is 8.14. The van der Waals surface area contributed by atoms with Gasteiger partial charge in [0.2, 0.25) is 0 Å². The highest BCUT2D eigenvalue weighted by atomic mass is 16.5. The molecule has 0 bridgehead atoms. The van der Waals surface area contributed by atoms with E-state index in [9.17, 15) is 9.90 Å². The molecule has 0 radical (unpaired) electrons. The number of carboxylic acids is 1. The largest absolute Gasteiger partial charge is 0.497 e. The van der Waals surface area contributed by atoms with Gasteiger partial charge in [0.1, 0.15) is 11.5 Å². The highest BCUT2D eigenvalue weighted by Crippen LogP contribution is 2.52. The Morgan fingerprint density at radius 3 is 2.59 bits per heavy atom. The van der Waals surface area contributed by atoms with Crippen molar-refractivity contribution >= 4 is 17.2 Å². The number of nitrogens with zero attached hydrogens (tertiary/aromatic N) is 1. The Balaban J connectivity index is 1.68. The molecule has 5 rings (SSSR count). The van der Waals surface area contributed by atoms with Gasteiger partial charge in [0, 0.05) is 23.0 Å². The van der Waals surface area contributed by atoms with Gasteiger partial charge >= 0.3 is 5.97 Å². The zero-order valence-electron chi connectivity index (χ0n) is 18.2. The lowest BCUT2D eigenvalue weighted by atomic mass is 9.87. The van der Waals surface area contributed by atoms with E-state index in [-0.39, 0.29) is 11.6 Å². The van der Waals surface area contributed by atoms with E-state index in [1.165, 1.54) is 22.4 Å². The fraction of sp³-hybridized carbons (Fsp3) is 0.222. The zero-order valence-corrected chi connectivity index (χ0v) is 18.2. The lowest BCUT2D eigenvalue weighted by Crippen LogP contribution is -2.25. The second kappa shape index (κ2) is 8.08. The summed E-state index contributed by atoms with van der Waals surface area (Å²) in [5.74, 6) is 0.584. The van der Waals surface area contributed by atoms with Gasteiger partial charge in [0.25, 0.3) is 0 Å². The highest BCUT2D eigenvalue weighted by Gasteiger charge is 2.38. The average Bonchev–Trinajstić information content (AvgIpc) is 3.23. The molecule has 5 heteroatoms. The van der Waals surface area contributed by atoms with Crippen molar-refractivity contribution in [3.63, 3.8) is 0 Å². The number of rotatable bonds is 5. The Hall–Kier alpha value is -3.73. The number of carboxylic acid groups (broad SMARTS) is 1. The predicted octanol–water partition coefficient (Wildman–Crippen LogP) is 5.71. The van der Waals surface area contributed by atoms with Crippen LogP contribution in [0.2, 0.25) is 0 Å². The molecule has 1 atom stereocenters. The van der Waals surface area contributed by atoms with Crippen molar-refractivity contribution in [2.75, 3.05) is 19.1 Å². The molecule has 3 aromatic carbocycles. The minimum atomic E-state index is -0.923. The number of hydrogen-bond donors (Lipinski definition) is 1. The number of allylic oxidation sites excluding steroid dienone is 1. The summed E-state index contributed by atoms with van der Waals surface area (Å²) in [7, 11) is 3.32. The minimum Gasteiger partial charge on any atom is -0.497 e. The Labute approximate surface area is 187 Å². The molecular formula is C27H25NO4. The molecule has 1 N–H and O–H groups in total. The summed E-state index contributed by atoms with van der Waals surface area (Å²) in [6, 6.07) is 21.7. The average molecular weight is 428 g/mol. The summed E-state index contributed by atoms with van der Waals surface area (Å²) < 4.78 is 11.1. The summed E-state index contributed by atoms with van der Waals surface area (Å²) in [4.78, 5) is 14.0.